The van der Waals surface area contributed by atoms with Crippen LogP contribution in [0.3, 0.4) is 0 Å². The Morgan fingerprint density at radius 3 is 2.73 bits per heavy atom. The Hall–Kier alpha value is -4.34. The van der Waals surface area contributed by atoms with Crippen molar-refractivity contribution in [1.82, 2.24) is 20.3 Å². The van der Waals surface area contributed by atoms with Gasteiger partial charge in [0.2, 0.25) is 5.91 Å². The Labute approximate surface area is 232 Å². The van der Waals surface area contributed by atoms with Crippen LogP contribution in [0, 0.1) is 6.92 Å². The van der Waals surface area contributed by atoms with E-state index in [9.17, 15) is 14.4 Å². The van der Waals surface area contributed by atoms with E-state index >= 15 is 0 Å². The molecule has 10 nitrogen and oxygen atoms in total. The molecule has 2 aromatic carbocycles. The number of fused-ring (bicyclic) bond motifs is 5. The summed E-state index contributed by atoms with van der Waals surface area (Å²) in [4.78, 5) is 43.5. The highest BCUT2D eigenvalue weighted by molar-refractivity contribution is 5.97. The zero-order valence-electron chi connectivity index (χ0n) is 22.4. The molecular formula is C30H32N4O6. The van der Waals surface area contributed by atoms with Crippen LogP contribution in [0.5, 0.6) is 11.5 Å². The topological polar surface area (TPSA) is 114 Å². The molecule has 1 aromatic heterocycles. The van der Waals surface area contributed by atoms with Crippen LogP contribution >= 0.6 is 0 Å². The SMILES string of the molecule is Cc1cc(C(=O)N2C[C@@H]3NC(=O)CN(C(=O)c4ccc5c(c4)CCO5)CCCCOc4cccc(c4)[C@H]3C2)no1. The fourth-order valence-electron chi connectivity index (χ4n) is 5.69. The number of likely N-dealkylation sites (tertiary alicyclic amines) is 1. The molecule has 3 aliphatic heterocycles. The summed E-state index contributed by atoms with van der Waals surface area (Å²) >= 11 is 0. The quantitative estimate of drug-likeness (QED) is 0.528. The van der Waals surface area contributed by atoms with Gasteiger partial charge in [-0.1, -0.05) is 17.3 Å². The monoisotopic (exact) mass is 544 g/mol. The van der Waals surface area contributed by atoms with E-state index in [4.69, 9.17) is 14.0 Å². The van der Waals surface area contributed by atoms with Crippen LogP contribution in [0.2, 0.25) is 0 Å². The van der Waals surface area contributed by atoms with Crippen molar-refractivity contribution in [3.8, 4) is 11.5 Å². The first-order valence-corrected chi connectivity index (χ1v) is 13.7. The average Bonchev–Trinajstić information content (AvgIpc) is 3.70. The maximum atomic E-state index is 13.6. The molecule has 3 aliphatic rings. The van der Waals surface area contributed by atoms with Crippen molar-refractivity contribution in [2.24, 2.45) is 0 Å². The van der Waals surface area contributed by atoms with Crippen LogP contribution in [-0.4, -0.2) is 78.1 Å². The molecule has 0 radical (unpaired) electrons. The minimum absolute atomic E-state index is 0.0764. The number of nitrogens with one attached hydrogen (secondary N) is 1. The predicted octanol–water partition coefficient (Wildman–Crippen LogP) is 2.96. The van der Waals surface area contributed by atoms with Crippen LogP contribution in [0.25, 0.3) is 0 Å². The smallest absolute Gasteiger partial charge is 0.276 e. The van der Waals surface area contributed by atoms with Gasteiger partial charge in [-0.2, -0.15) is 0 Å². The van der Waals surface area contributed by atoms with E-state index in [-0.39, 0.29) is 41.9 Å². The minimum Gasteiger partial charge on any atom is -0.494 e. The lowest BCUT2D eigenvalue weighted by Crippen LogP contribution is -2.47. The number of hydrogen-bond acceptors (Lipinski definition) is 7. The van der Waals surface area contributed by atoms with E-state index in [1.807, 2.05) is 36.4 Å². The van der Waals surface area contributed by atoms with Crippen molar-refractivity contribution in [1.29, 1.82) is 0 Å². The summed E-state index contributed by atoms with van der Waals surface area (Å²) < 4.78 is 16.7. The van der Waals surface area contributed by atoms with Gasteiger partial charge in [-0.3, -0.25) is 14.4 Å². The highest BCUT2D eigenvalue weighted by atomic mass is 16.5. The standard InChI is InChI=1S/C30H32N4O6/c1-19-13-25(32-40-19)30(37)34-16-24-20-5-4-6-23(15-20)38-11-3-2-10-33(18-28(35)31-26(24)17-34)29(36)22-7-8-27-21(14-22)9-12-39-27/h4-8,13-15,24,26H,2-3,9-12,16-18H2,1H3,(H,31,35)/t24-,26+/m1/s1. The highest BCUT2D eigenvalue weighted by Crippen LogP contribution is 2.31. The molecule has 0 unspecified atom stereocenters. The molecule has 0 saturated carbocycles. The average molecular weight is 545 g/mol. The van der Waals surface area contributed by atoms with Gasteiger partial charge in [0.25, 0.3) is 11.8 Å². The van der Waals surface area contributed by atoms with E-state index in [0.29, 0.717) is 50.6 Å². The van der Waals surface area contributed by atoms with Gasteiger partial charge in [0.05, 0.1) is 25.8 Å². The number of ether oxygens (including phenoxy) is 2. The van der Waals surface area contributed by atoms with Gasteiger partial charge in [-0.05, 0) is 61.2 Å². The van der Waals surface area contributed by atoms with Gasteiger partial charge in [0.15, 0.2) is 5.69 Å². The number of aromatic nitrogens is 1. The lowest BCUT2D eigenvalue weighted by atomic mass is 9.94. The number of carbonyl (C=O) groups excluding carboxylic acids is 3. The van der Waals surface area contributed by atoms with Crippen molar-refractivity contribution in [3.63, 3.8) is 0 Å². The number of amides is 3. The van der Waals surface area contributed by atoms with Gasteiger partial charge < -0.3 is 29.1 Å². The second-order valence-corrected chi connectivity index (χ2v) is 10.6. The molecule has 3 aromatic rings. The number of carbonyl (C=O) groups is 3. The molecule has 0 spiro atoms. The summed E-state index contributed by atoms with van der Waals surface area (Å²) in [6.07, 6.45) is 2.19. The summed E-state index contributed by atoms with van der Waals surface area (Å²) in [5, 5.41) is 7.01. The maximum absolute atomic E-state index is 13.6. The van der Waals surface area contributed by atoms with Crippen LogP contribution < -0.4 is 14.8 Å². The van der Waals surface area contributed by atoms with Gasteiger partial charge in [-0.25, -0.2) is 0 Å². The highest BCUT2D eigenvalue weighted by Gasteiger charge is 2.38. The number of rotatable bonds is 2. The van der Waals surface area contributed by atoms with Crippen molar-refractivity contribution in [2.45, 2.75) is 38.1 Å². The van der Waals surface area contributed by atoms with Crippen LogP contribution in [0.4, 0.5) is 0 Å². The molecule has 1 fully saturated rings. The predicted molar refractivity (Wildman–Crippen MR) is 145 cm³/mol. The number of aryl methyl sites for hydroxylation is 1. The summed E-state index contributed by atoms with van der Waals surface area (Å²) in [5.41, 5.74) is 2.76. The third kappa shape index (κ3) is 5.38. The molecule has 0 aliphatic carbocycles. The number of nitrogens with zero attached hydrogens (tertiary/aromatic N) is 3. The lowest BCUT2D eigenvalue weighted by molar-refractivity contribution is -0.122. The van der Waals surface area contributed by atoms with Gasteiger partial charge >= 0.3 is 0 Å². The number of hydrogen-bond donors (Lipinski definition) is 1. The van der Waals surface area contributed by atoms with E-state index < -0.39 is 0 Å². The normalized spacial score (nSPS) is 21.0. The molecule has 208 valence electrons. The Morgan fingerprint density at radius 2 is 1.88 bits per heavy atom. The molecule has 40 heavy (non-hydrogen) atoms. The Balaban J connectivity index is 1.24. The van der Waals surface area contributed by atoms with Gasteiger partial charge in [-0.15, -0.1) is 0 Å². The first kappa shape index (κ1) is 25.9. The summed E-state index contributed by atoms with van der Waals surface area (Å²) in [6, 6.07) is 14.5. The fraction of sp³-hybridized carbons (Fsp3) is 0.400. The van der Waals surface area contributed by atoms with Gasteiger partial charge in [0.1, 0.15) is 17.3 Å². The first-order chi connectivity index (χ1) is 19.4. The fourth-order valence-corrected chi connectivity index (χ4v) is 5.69. The van der Waals surface area contributed by atoms with Crippen LogP contribution in [-0.2, 0) is 11.2 Å². The molecule has 3 amide bonds. The molecule has 6 rings (SSSR count). The Kier molecular flexibility index (Phi) is 7.15. The molecule has 1 saturated heterocycles. The van der Waals surface area contributed by atoms with E-state index in [0.717, 1.165) is 35.5 Å². The summed E-state index contributed by atoms with van der Waals surface area (Å²) in [7, 11) is 0. The molecule has 2 bridgehead atoms. The van der Waals surface area contributed by atoms with Crippen molar-refractivity contribution in [3.05, 3.63) is 76.7 Å². The van der Waals surface area contributed by atoms with Crippen LogP contribution in [0.1, 0.15) is 56.5 Å². The Morgan fingerprint density at radius 1 is 0.975 bits per heavy atom. The summed E-state index contributed by atoms with van der Waals surface area (Å²) in [5.74, 6) is 1.25. The third-order valence-corrected chi connectivity index (χ3v) is 7.74. The van der Waals surface area contributed by atoms with E-state index in [1.165, 1.54) is 0 Å². The van der Waals surface area contributed by atoms with E-state index in [2.05, 4.69) is 10.5 Å². The summed E-state index contributed by atoms with van der Waals surface area (Å²) in [6.45, 7) is 3.91. The molecule has 10 heteroatoms. The van der Waals surface area contributed by atoms with Crippen molar-refractivity contribution >= 4 is 17.7 Å². The lowest BCUT2D eigenvalue weighted by Gasteiger charge is -2.26. The Bertz CT molecular complexity index is 1440. The first-order valence-electron chi connectivity index (χ1n) is 13.7. The zero-order chi connectivity index (χ0) is 27.6. The van der Waals surface area contributed by atoms with Crippen LogP contribution in [0.15, 0.2) is 53.1 Å². The largest absolute Gasteiger partial charge is 0.494 e. The molecule has 2 atom stereocenters. The maximum Gasteiger partial charge on any atom is 0.276 e. The second kappa shape index (κ2) is 11.0. The molecular weight excluding hydrogens is 512 g/mol. The second-order valence-electron chi connectivity index (χ2n) is 10.6. The van der Waals surface area contributed by atoms with Crippen molar-refractivity contribution in [2.75, 3.05) is 39.4 Å². The third-order valence-electron chi connectivity index (χ3n) is 7.74. The van der Waals surface area contributed by atoms with Gasteiger partial charge in [0, 0.05) is 43.6 Å². The molecule has 4 heterocycles. The number of benzene rings is 2. The van der Waals surface area contributed by atoms with E-state index in [1.54, 1.807) is 28.9 Å². The van der Waals surface area contributed by atoms with Crippen molar-refractivity contribution < 1.29 is 28.4 Å². The molecule has 1 N–H and O–H groups in total. The zero-order valence-corrected chi connectivity index (χ0v) is 22.4. The minimum atomic E-state index is -0.350.